The van der Waals surface area contributed by atoms with Gasteiger partial charge < -0.3 is 21.3 Å². The van der Waals surface area contributed by atoms with Gasteiger partial charge in [-0.15, -0.1) is 0 Å². The maximum atomic E-state index is 12.4. The third-order valence-electron chi connectivity index (χ3n) is 6.14. The van der Waals surface area contributed by atoms with Crippen LogP contribution in [0.1, 0.15) is 22.3 Å². The number of nitrogens with zero attached hydrogens (tertiary/aromatic N) is 2. The molecule has 0 saturated heterocycles. The first-order valence-corrected chi connectivity index (χ1v) is 12.8. The number of hydrogen-bond acceptors (Lipinski definition) is 4. The second kappa shape index (κ2) is 12.8. The predicted octanol–water partition coefficient (Wildman–Crippen LogP) is 6.95. The number of carbonyl (C=O) groups excluding carboxylic acids is 2. The summed E-state index contributed by atoms with van der Waals surface area (Å²) in [6.45, 7) is 0. The smallest absolute Gasteiger partial charge is 0.308 e. The van der Waals surface area contributed by atoms with E-state index in [-0.39, 0.29) is 12.1 Å². The van der Waals surface area contributed by atoms with E-state index >= 15 is 0 Å². The van der Waals surface area contributed by atoms with Crippen molar-refractivity contribution >= 4 is 34.8 Å². The van der Waals surface area contributed by atoms with Gasteiger partial charge in [-0.1, -0.05) is 24.3 Å². The van der Waals surface area contributed by atoms with Gasteiger partial charge in [-0.3, -0.25) is 9.97 Å². The lowest BCUT2D eigenvalue weighted by molar-refractivity contribution is 0.261. The highest BCUT2D eigenvalue weighted by Gasteiger charge is 2.06. The quantitative estimate of drug-likeness (QED) is 0.175. The molecule has 198 valence electrons. The van der Waals surface area contributed by atoms with Crippen LogP contribution in [0.25, 0.3) is 0 Å². The molecule has 0 fully saturated rings. The first kappa shape index (κ1) is 26.1. The molecular weight excluding hydrogens is 500 g/mol. The van der Waals surface area contributed by atoms with Crippen molar-refractivity contribution in [1.82, 2.24) is 9.97 Å². The molecule has 2 aromatic heterocycles. The number of urea groups is 2. The number of benzene rings is 3. The maximum absolute atomic E-state index is 12.4. The third kappa shape index (κ3) is 7.75. The van der Waals surface area contributed by atoms with E-state index in [0.717, 1.165) is 24.0 Å². The monoisotopic (exact) mass is 528 g/mol. The van der Waals surface area contributed by atoms with Crippen LogP contribution in [0.15, 0.2) is 122 Å². The minimum absolute atomic E-state index is 0.354. The van der Waals surface area contributed by atoms with Gasteiger partial charge in [0.05, 0.1) is 0 Å². The molecule has 0 saturated carbocycles. The molecule has 0 radical (unpaired) electrons. The second-order valence-electron chi connectivity index (χ2n) is 9.19. The topological polar surface area (TPSA) is 108 Å². The number of pyridine rings is 2. The van der Waals surface area contributed by atoms with Crippen molar-refractivity contribution < 1.29 is 9.59 Å². The Bertz CT molecular complexity index is 1420. The van der Waals surface area contributed by atoms with Gasteiger partial charge in [0, 0.05) is 47.5 Å². The highest BCUT2D eigenvalue weighted by atomic mass is 16.2. The van der Waals surface area contributed by atoms with Crippen molar-refractivity contribution in [2.45, 2.75) is 12.8 Å². The molecule has 0 bridgehead atoms. The van der Waals surface area contributed by atoms with E-state index in [1.165, 1.54) is 11.1 Å². The van der Waals surface area contributed by atoms with Crippen LogP contribution in [0, 0.1) is 0 Å². The number of rotatable bonds is 8. The van der Waals surface area contributed by atoms with Gasteiger partial charge in [-0.2, -0.15) is 0 Å². The Morgan fingerprint density at radius 1 is 0.400 bits per heavy atom. The van der Waals surface area contributed by atoms with Crippen LogP contribution >= 0.6 is 0 Å². The first-order chi connectivity index (χ1) is 19.6. The Kier molecular flexibility index (Phi) is 8.38. The maximum Gasteiger partial charge on any atom is 0.323 e. The average Bonchev–Trinajstić information content (AvgIpc) is 2.97. The molecule has 5 aromatic rings. The minimum Gasteiger partial charge on any atom is -0.308 e. The van der Waals surface area contributed by atoms with Crippen LogP contribution in [0.3, 0.4) is 0 Å². The summed E-state index contributed by atoms with van der Waals surface area (Å²) in [4.78, 5) is 32.9. The van der Waals surface area contributed by atoms with Gasteiger partial charge in [-0.25, -0.2) is 9.59 Å². The zero-order valence-electron chi connectivity index (χ0n) is 21.7. The molecule has 40 heavy (non-hydrogen) atoms. The number of amides is 4. The molecule has 2 heterocycles. The molecule has 0 aliphatic heterocycles. The molecule has 3 aromatic carbocycles. The van der Waals surface area contributed by atoms with Crippen LogP contribution in [0.4, 0.5) is 32.3 Å². The van der Waals surface area contributed by atoms with Crippen LogP contribution in [-0.4, -0.2) is 22.0 Å². The molecule has 4 N–H and O–H groups in total. The minimum atomic E-state index is -0.354. The predicted molar refractivity (Wildman–Crippen MR) is 159 cm³/mol. The number of aromatic nitrogens is 2. The van der Waals surface area contributed by atoms with Gasteiger partial charge in [0.25, 0.3) is 0 Å². The van der Waals surface area contributed by atoms with E-state index in [9.17, 15) is 9.59 Å². The largest absolute Gasteiger partial charge is 0.323 e. The fourth-order valence-corrected chi connectivity index (χ4v) is 4.11. The van der Waals surface area contributed by atoms with E-state index in [4.69, 9.17) is 0 Å². The van der Waals surface area contributed by atoms with E-state index in [1.807, 2.05) is 72.8 Å². The first-order valence-electron chi connectivity index (χ1n) is 12.8. The standard InChI is InChI=1S/C32H28N6O2/c39-31(35-27-5-1-23(2-6-27)21-25-13-17-33-18-14-25)37-29-9-11-30(12-10-29)38-32(40)36-28-7-3-24(4-8-28)22-26-15-19-34-20-16-26/h1-20H,21-22H2,(H2,35,37,39)(H2,36,38,40). The summed E-state index contributed by atoms with van der Waals surface area (Å²) in [6, 6.07) is 29.5. The molecule has 4 amide bonds. The molecule has 8 heteroatoms. The fourth-order valence-electron chi connectivity index (χ4n) is 4.11. The van der Waals surface area contributed by atoms with Crippen molar-refractivity contribution in [1.29, 1.82) is 0 Å². The van der Waals surface area contributed by atoms with Gasteiger partial charge in [0.15, 0.2) is 0 Å². The number of nitrogens with one attached hydrogen (secondary N) is 4. The van der Waals surface area contributed by atoms with Crippen molar-refractivity contribution in [2.24, 2.45) is 0 Å². The number of anilines is 4. The van der Waals surface area contributed by atoms with Crippen LogP contribution in [-0.2, 0) is 12.8 Å². The van der Waals surface area contributed by atoms with E-state index < -0.39 is 0 Å². The van der Waals surface area contributed by atoms with E-state index in [1.54, 1.807) is 49.1 Å². The Hall–Kier alpha value is -5.50. The molecule has 5 rings (SSSR count). The Morgan fingerprint density at radius 3 is 0.950 bits per heavy atom. The lowest BCUT2D eigenvalue weighted by Gasteiger charge is -2.11. The van der Waals surface area contributed by atoms with Crippen molar-refractivity contribution in [2.75, 3.05) is 21.3 Å². The van der Waals surface area contributed by atoms with Gasteiger partial charge in [0.1, 0.15) is 0 Å². The average molecular weight is 529 g/mol. The summed E-state index contributed by atoms with van der Waals surface area (Å²) in [7, 11) is 0. The summed E-state index contributed by atoms with van der Waals surface area (Å²) in [6.07, 6.45) is 8.70. The lowest BCUT2D eigenvalue weighted by Crippen LogP contribution is -2.20. The fraction of sp³-hybridized carbons (Fsp3) is 0.0625. The SMILES string of the molecule is O=C(Nc1ccc(Cc2ccncc2)cc1)Nc1ccc(NC(=O)Nc2ccc(Cc3ccncc3)cc2)cc1. The van der Waals surface area contributed by atoms with E-state index in [2.05, 4.69) is 31.2 Å². The molecule has 0 atom stereocenters. The van der Waals surface area contributed by atoms with Gasteiger partial charge in [0.2, 0.25) is 0 Å². The van der Waals surface area contributed by atoms with Crippen LogP contribution in [0.5, 0.6) is 0 Å². The highest BCUT2D eigenvalue weighted by Crippen LogP contribution is 2.17. The third-order valence-corrected chi connectivity index (χ3v) is 6.14. The summed E-state index contributed by atoms with van der Waals surface area (Å²) < 4.78 is 0. The van der Waals surface area contributed by atoms with Crippen LogP contribution < -0.4 is 21.3 Å². The van der Waals surface area contributed by atoms with E-state index in [0.29, 0.717) is 22.7 Å². The van der Waals surface area contributed by atoms with Gasteiger partial charge in [-0.05, 0) is 108 Å². The molecular formula is C32H28N6O2. The van der Waals surface area contributed by atoms with Crippen molar-refractivity contribution in [3.05, 3.63) is 144 Å². The normalized spacial score (nSPS) is 10.4. The van der Waals surface area contributed by atoms with Crippen molar-refractivity contribution in [3.63, 3.8) is 0 Å². The molecule has 0 aliphatic carbocycles. The summed E-state index contributed by atoms with van der Waals surface area (Å²) in [5.74, 6) is 0. The summed E-state index contributed by atoms with van der Waals surface area (Å²) in [5.41, 5.74) is 7.22. The Morgan fingerprint density at radius 2 is 0.650 bits per heavy atom. The zero-order valence-corrected chi connectivity index (χ0v) is 21.7. The molecule has 0 spiro atoms. The molecule has 8 nitrogen and oxygen atoms in total. The van der Waals surface area contributed by atoms with Crippen LogP contribution in [0.2, 0.25) is 0 Å². The summed E-state index contributed by atoms with van der Waals surface area (Å²) >= 11 is 0. The second-order valence-corrected chi connectivity index (χ2v) is 9.19. The lowest BCUT2D eigenvalue weighted by atomic mass is 10.1. The van der Waals surface area contributed by atoms with Gasteiger partial charge >= 0.3 is 12.1 Å². The molecule has 0 aliphatic rings. The Labute approximate surface area is 232 Å². The summed E-state index contributed by atoms with van der Waals surface area (Å²) in [5, 5.41) is 11.3. The zero-order chi connectivity index (χ0) is 27.6. The van der Waals surface area contributed by atoms with Crippen molar-refractivity contribution in [3.8, 4) is 0 Å². The molecule has 0 unspecified atom stereocenters. The number of carbonyl (C=O) groups is 2. The Balaban J connectivity index is 1.07. The highest BCUT2D eigenvalue weighted by molar-refractivity contribution is 6.01. The number of hydrogen-bond donors (Lipinski definition) is 4.